The van der Waals surface area contributed by atoms with Crippen LogP contribution in [0.4, 0.5) is 0 Å². The number of sulfone groups is 1. The van der Waals surface area contributed by atoms with Crippen LogP contribution in [0, 0.1) is 0 Å². The molecule has 0 radical (unpaired) electrons. The molecule has 130 valence electrons. The van der Waals surface area contributed by atoms with E-state index in [1.807, 2.05) is 5.16 Å². The molecule has 3 atom stereocenters. The van der Waals surface area contributed by atoms with Crippen molar-refractivity contribution in [2.75, 3.05) is 0 Å². The van der Waals surface area contributed by atoms with Crippen molar-refractivity contribution in [3.05, 3.63) is 22.2 Å². The maximum Gasteiger partial charge on any atom is 1.00 e. The van der Waals surface area contributed by atoms with Crippen LogP contribution >= 0.6 is 0 Å². The molecule has 3 rings (SSSR count). The molecule has 0 saturated carbocycles. The zero-order valence-corrected chi connectivity index (χ0v) is 16.1. The van der Waals surface area contributed by atoms with Gasteiger partial charge >= 0.3 is 29.6 Å². The van der Waals surface area contributed by atoms with Crippen LogP contribution < -0.4 is 40.2 Å². The number of carboxylic acids is 1. The molecule has 25 heavy (non-hydrogen) atoms. The Morgan fingerprint density at radius 1 is 1.60 bits per heavy atom. The van der Waals surface area contributed by atoms with Crippen LogP contribution in [0.3, 0.4) is 0 Å². The molecule has 2 saturated heterocycles. The molecule has 11 nitrogen and oxygen atoms in total. The van der Waals surface area contributed by atoms with Crippen molar-refractivity contribution in [1.29, 1.82) is 0 Å². The van der Waals surface area contributed by atoms with Crippen molar-refractivity contribution in [2.45, 2.75) is 36.1 Å². The Kier molecular flexibility index (Phi) is 5.19. The molecule has 0 unspecified atom stereocenters. The van der Waals surface area contributed by atoms with Gasteiger partial charge in [0, 0.05) is 0 Å². The number of H-pyrrole nitrogens is 1. The summed E-state index contributed by atoms with van der Waals surface area (Å²) in [5.74, 6) is -2.16. The predicted molar refractivity (Wildman–Crippen MR) is 74.0 cm³/mol. The molecule has 1 amide bonds. The number of carbonyl (C=O) groups is 2. The number of rotatable bonds is 5. The van der Waals surface area contributed by atoms with E-state index in [1.54, 1.807) is 0 Å². The number of carbonyl (C=O) groups excluding carboxylic acids is 2. The number of nitrogens with zero attached hydrogens (tertiary/aromatic N) is 2. The first-order valence-electron chi connectivity index (χ1n) is 6.78. The van der Waals surface area contributed by atoms with Gasteiger partial charge in [0.05, 0.1) is 30.7 Å². The van der Waals surface area contributed by atoms with Gasteiger partial charge in [0.2, 0.25) is 5.91 Å². The van der Waals surface area contributed by atoms with Gasteiger partial charge in [-0.15, -0.1) is 0 Å². The average molecular weight is 381 g/mol. The summed E-state index contributed by atoms with van der Waals surface area (Å²) in [6.45, 7) is 0.866. The maximum atomic E-state index is 12.5. The maximum absolute atomic E-state index is 12.5. The Hall–Kier alpha value is -1.63. The van der Waals surface area contributed by atoms with Crippen LogP contribution in [0.25, 0.3) is 0 Å². The fraction of sp³-hybridized carbons (Fsp3) is 0.500. The zero-order valence-electron chi connectivity index (χ0n) is 13.3. The molecule has 13 heteroatoms. The minimum absolute atomic E-state index is 0. The number of nitrogens with one attached hydrogen (secondary N) is 1. The van der Waals surface area contributed by atoms with Gasteiger partial charge in [-0.2, -0.15) is 5.16 Å². The molecular formula is C12H12N3NaO8S. The van der Waals surface area contributed by atoms with Crippen LogP contribution in [0.15, 0.2) is 20.5 Å². The summed E-state index contributed by atoms with van der Waals surface area (Å²) in [5, 5.41) is 15.7. The summed E-state index contributed by atoms with van der Waals surface area (Å²) in [6.07, 6.45) is 0.546. The van der Waals surface area contributed by atoms with Crippen LogP contribution in [0.1, 0.15) is 19.1 Å². The van der Waals surface area contributed by atoms with Gasteiger partial charge in [0.25, 0.3) is 5.56 Å². The molecule has 0 aromatic carbocycles. The van der Waals surface area contributed by atoms with Gasteiger partial charge in [-0.05, 0) is 6.92 Å². The van der Waals surface area contributed by atoms with Gasteiger partial charge in [0.1, 0.15) is 10.1 Å². The third-order valence-electron chi connectivity index (χ3n) is 4.13. The Labute approximate surface area is 163 Å². The number of aromatic amines is 1. The van der Waals surface area contributed by atoms with Crippen molar-refractivity contribution in [3.63, 3.8) is 0 Å². The third-order valence-corrected chi connectivity index (χ3v) is 6.79. The molecule has 3 heterocycles. The van der Waals surface area contributed by atoms with Gasteiger partial charge in [-0.3, -0.25) is 9.59 Å². The first kappa shape index (κ1) is 19.7. The normalized spacial score (nSPS) is 29.8. The predicted octanol–water partition coefficient (Wildman–Crippen LogP) is -5.66. The molecule has 0 spiro atoms. The first-order valence-corrected chi connectivity index (χ1v) is 8.32. The molecule has 2 aliphatic heterocycles. The summed E-state index contributed by atoms with van der Waals surface area (Å²) in [4.78, 5) is 39.4. The van der Waals surface area contributed by atoms with Crippen molar-refractivity contribution >= 4 is 27.9 Å². The van der Waals surface area contributed by atoms with Gasteiger partial charge in [0.15, 0.2) is 22.2 Å². The quantitative estimate of drug-likeness (QED) is 0.228. The first-order chi connectivity index (χ1) is 11.2. The third kappa shape index (κ3) is 2.92. The van der Waals surface area contributed by atoms with E-state index < -0.39 is 43.4 Å². The number of fused-ring (bicyclic) bond motifs is 1. The van der Waals surface area contributed by atoms with Crippen LogP contribution in [-0.4, -0.2) is 52.7 Å². The summed E-state index contributed by atoms with van der Waals surface area (Å²) < 4.78 is 27.7. The van der Waals surface area contributed by atoms with Crippen molar-refractivity contribution < 1.29 is 62.0 Å². The zero-order chi connectivity index (χ0) is 17.7. The van der Waals surface area contributed by atoms with Crippen molar-refractivity contribution in [2.24, 2.45) is 5.16 Å². The second-order valence-electron chi connectivity index (χ2n) is 5.60. The molecule has 2 aliphatic rings. The Bertz CT molecular complexity index is 890. The summed E-state index contributed by atoms with van der Waals surface area (Å²) in [6, 6.07) is -0.579. The molecular weight excluding hydrogens is 369 g/mol. The molecule has 1 aromatic rings. The Morgan fingerprint density at radius 2 is 2.28 bits per heavy atom. The van der Waals surface area contributed by atoms with Gasteiger partial charge < -0.3 is 24.2 Å². The van der Waals surface area contributed by atoms with E-state index in [4.69, 9.17) is 9.36 Å². The van der Waals surface area contributed by atoms with Crippen LogP contribution in [0.2, 0.25) is 0 Å². The van der Waals surface area contributed by atoms with E-state index in [0.29, 0.717) is 0 Å². The summed E-state index contributed by atoms with van der Waals surface area (Å²) in [7, 11) is -4.02. The van der Waals surface area contributed by atoms with Crippen LogP contribution in [0.5, 0.6) is 0 Å². The fourth-order valence-electron chi connectivity index (χ4n) is 2.82. The van der Waals surface area contributed by atoms with E-state index in [1.165, 1.54) is 0 Å². The minimum Gasteiger partial charge on any atom is -0.548 e. The second-order valence-corrected chi connectivity index (χ2v) is 8.11. The Balaban J connectivity index is 0.00000225. The standard InChI is InChI=1S/C12H13N3O8S.Na/c1-12(5-13-22-4-6-2-7(16)14-23-6)10(11(18)19)15-8(17)3-9(15)24(12,20)21;/h2,5,9-10H,3-4H2,1H3,(H,14,16)(H,18,19);/q;+1/p-1/b13-5+;/t9-,10+,12+;/m1./s1. The van der Waals surface area contributed by atoms with E-state index in [9.17, 15) is 27.9 Å². The number of oxime groups is 1. The second kappa shape index (κ2) is 6.59. The van der Waals surface area contributed by atoms with Crippen molar-refractivity contribution in [3.8, 4) is 0 Å². The molecule has 0 bridgehead atoms. The number of aromatic nitrogens is 1. The monoisotopic (exact) mass is 381 g/mol. The molecule has 2 fully saturated rings. The smallest absolute Gasteiger partial charge is 0.548 e. The molecule has 0 aliphatic carbocycles. The van der Waals surface area contributed by atoms with Gasteiger partial charge in [-0.1, -0.05) is 5.16 Å². The van der Waals surface area contributed by atoms with E-state index in [0.717, 1.165) is 24.1 Å². The summed E-state index contributed by atoms with van der Waals surface area (Å²) >= 11 is 0. The average Bonchev–Trinajstić information content (AvgIpc) is 2.95. The molecule has 1 N–H and O–H groups in total. The number of hydrogen-bond donors (Lipinski definition) is 1. The topological polar surface area (TPSA) is 162 Å². The number of hydrogen-bond acceptors (Lipinski definition) is 9. The Morgan fingerprint density at radius 3 is 2.80 bits per heavy atom. The number of amides is 1. The van der Waals surface area contributed by atoms with E-state index in [2.05, 4.69) is 5.16 Å². The van der Waals surface area contributed by atoms with Crippen molar-refractivity contribution in [1.82, 2.24) is 10.1 Å². The summed E-state index contributed by atoms with van der Waals surface area (Å²) in [5.41, 5.74) is -0.484. The van der Waals surface area contributed by atoms with Crippen LogP contribution in [-0.2, 0) is 30.9 Å². The number of aliphatic carboxylic acids is 1. The molecule has 1 aromatic heterocycles. The SMILES string of the molecule is C[C@]1(/C=N/OCc2cc(=O)[nH]o2)[C@H](C(=O)[O-])N2C(=O)C[C@H]2S1(=O)=O.[Na+]. The number of β-lactam (4-membered cyclic amide) rings is 1. The minimum atomic E-state index is -4.02. The fourth-order valence-corrected chi connectivity index (χ4v) is 5.02. The number of carboxylic acid groups (broad SMARTS) is 1. The van der Waals surface area contributed by atoms with Gasteiger partial charge in [-0.25, -0.2) is 8.42 Å². The van der Waals surface area contributed by atoms with E-state index in [-0.39, 0.29) is 48.3 Å². The van der Waals surface area contributed by atoms with E-state index >= 15 is 0 Å². The largest absolute Gasteiger partial charge is 1.00 e.